The van der Waals surface area contributed by atoms with Gasteiger partial charge in [-0.2, -0.15) is 0 Å². The van der Waals surface area contributed by atoms with E-state index in [9.17, 15) is 4.79 Å². The molecule has 0 spiro atoms. The topological polar surface area (TPSA) is 91.2 Å². The Morgan fingerprint density at radius 2 is 1.56 bits per heavy atom. The van der Waals surface area contributed by atoms with Gasteiger partial charge in [0.15, 0.2) is 5.12 Å². The lowest BCUT2D eigenvalue weighted by molar-refractivity contribution is -0.129. The van der Waals surface area contributed by atoms with Crippen LogP contribution < -0.4 is 27.0 Å². The minimum Gasteiger partial charge on any atom is -0.310 e. The highest BCUT2D eigenvalue weighted by Gasteiger charge is 2.70. The van der Waals surface area contributed by atoms with Crippen molar-refractivity contribution < 1.29 is 4.79 Å². The third-order valence-electron chi connectivity index (χ3n) is 2.10. The second-order valence-corrected chi connectivity index (χ2v) is 6.49. The number of carbonyl (C=O) groups excluding carboxylic acids is 1. The van der Waals surface area contributed by atoms with Crippen LogP contribution >= 0.6 is 58.0 Å². The molecule has 16 heavy (non-hydrogen) atoms. The fourth-order valence-corrected chi connectivity index (χ4v) is 3.24. The Balaban J connectivity index is 2.44. The highest BCUT2D eigenvalue weighted by atomic mass is 35.5. The molecule has 2 saturated heterocycles. The van der Waals surface area contributed by atoms with Crippen molar-refractivity contribution in [2.24, 2.45) is 5.73 Å². The van der Waals surface area contributed by atoms with Crippen molar-refractivity contribution >= 4 is 63.9 Å². The highest BCUT2D eigenvalue weighted by molar-refractivity contribution is 6.52. The van der Waals surface area contributed by atoms with Crippen LogP contribution in [0.1, 0.15) is 0 Å². The Kier molecular flexibility index (Phi) is 2.81. The summed E-state index contributed by atoms with van der Waals surface area (Å²) in [7, 11) is 0. The number of alkyl halides is 5. The zero-order valence-electron chi connectivity index (χ0n) is 7.38. The minimum absolute atomic E-state index is 0.768. The predicted molar refractivity (Wildman–Crippen MR) is 61.9 cm³/mol. The predicted octanol–water partition coefficient (Wildman–Crippen LogP) is -0.376. The number of hydrogen-bond donors (Lipinski definition) is 5. The second-order valence-electron chi connectivity index (χ2n) is 3.43. The third-order valence-corrected chi connectivity index (χ3v) is 3.78. The molecule has 0 aromatic heterocycles. The van der Waals surface area contributed by atoms with Gasteiger partial charge in [-0.1, -0.05) is 58.0 Å². The average molecular weight is 329 g/mol. The molecule has 0 radical (unpaired) electrons. The number of nitrogens with one attached hydrogen (secondary N) is 4. The molecule has 3 atom stereocenters. The maximum absolute atomic E-state index is 11.8. The van der Waals surface area contributed by atoms with Crippen molar-refractivity contribution in [1.29, 1.82) is 0 Å². The lowest BCUT2D eigenvalue weighted by atomic mass is 10.1. The van der Waals surface area contributed by atoms with Gasteiger partial charge in [-0.3, -0.25) is 10.5 Å². The van der Waals surface area contributed by atoms with Crippen molar-refractivity contribution in [3.05, 3.63) is 0 Å². The number of carbonyl (C=O) groups is 1. The van der Waals surface area contributed by atoms with Crippen LogP contribution in [0.4, 0.5) is 0 Å². The first-order chi connectivity index (χ1) is 7.00. The summed E-state index contributed by atoms with van der Waals surface area (Å²) in [5.74, 6) is -0.768. The number of nitrogens with two attached hydrogens (primary N) is 1. The molecule has 0 aromatic carbocycles. The monoisotopic (exact) mass is 327 g/mol. The highest BCUT2D eigenvalue weighted by Crippen LogP contribution is 2.43. The van der Waals surface area contributed by atoms with Crippen molar-refractivity contribution in [2.75, 3.05) is 0 Å². The Morgan fingerprint density at radius 1 is 1.00 bits per heavy atom. The van der Waals surface area contributed by atoms with Crippen molar-refractivity contribution in [3.8, 4) is 0 Å². The number of fused-ring (bicyclic) bond motifs is 1. The van der Waals surface area contributed by atoms with Crippen LogP contribution in [0.2, 0.25) is 0 Å². The summed E-state index contributed by atoms with van der Waals surface area (Å²) in [5.41, 5.74) is 5.48. The molecule has 11 heteroatoms. The molecule has 2 fully saturated rings. The van der Waals surface area contributed by atoms with Crippen LogP contribution in [0.3, 0.4) is 0 Å². The lowest BCUT2D eigenvalue weighted by Gasteiger charge is -2.45. The van der Waals surface area contributed by atoms with E-state index in [0.717, 1.165) is 0 Å². The van der Waals surface area contributed by atoms with Gasteiger partial charge in [0.2, 0.25) is 14.8 Å². The number of hydrogen-bond acceptors (Lipinski definition) is 5. The molecule has 0 aliphatic carbocycles. The summed E-state index contributed by atoms with van der Waals surface area (Å²) < 4.78 is -1.70. The molecule has 0 saturated carbocycles. The zero-order valence-corrected chi connectivity index (χ0v) is 11.2. The maximum Gasteiger partial charge on any atom is 0.264 e. The largest absolute Gasteiger partial charge is 0.310 e. The van der Waals surface area contributed by atoms with Crippen molar-refractivity contribution in [3.63, 3.8) is 0 Å². The van der Waals surface area contributed by atoms with E-state index in [1.165, 1.54) is 0 Å². The van der Waals surface area contributed by atoms with Gasteiger partial charge < -0.3 is 5.32 Å². The molecule has 2 aliphatic heterocycles. The van der Waals surface area contributed by atoms with Gasteiger partial charge in [0.25, 0.3) is 5.91 Å². The third kappa shape index (κ3) is 1.86. The first-order valence-corrected chi connectivity index (χ1v) is 5.83. The van der Waals surface area contributed by atoms with Gasteiger partial charge in [0.1, 0.15) is 0 Å². The SMILES string of the molecule is NC1(Cl)NC(=O)C2(Cl)NC(Cl)(Cl)NC2(Cl)N1. The summed E-state index contributed by atoms with van der Waals surface area (Å²) in [6.07, 6.45) is 0. The molecular weight excluding hydrogens is 323 g/mol. The molecule has 2 heterocycles. The van der Waals surface area contributed by atoms with E-state index in [1.807, 2.05) is 0 Å². The van der Waals surface area contributed by atoms with Crippen LogP contribution in [0, 0.1) is 0 Å². The molecule has 0 aromatic rings. The van der Waals surface area contributed by atoms with E-state index in [1.54, 1.807) is 0 Å². The second kappa shape index (κ2) is 3.40. The summed E-state index contributed by atoms with van der Waals surface area (Å²) >= 11 is 29.3. The first-order valence-electron chi connectivity index (χ1n) is 3.94. The van der Waals surface area contributed by atoms with E-state index >= 15 is 0 Å². The standard InChI is InChI=1S/C5H6Cl5N5O/c6-2-1(16)12-5(10,11)15-3(2,7)14-4(8,9)13-2/h13-15H,11H2,(H,12,16). The average Bonchev–Trinajstić information content (AvgIpc) is 2.13. The Hall–Kier alpha value is 0.760. The molecular formula is C5H6Cl5N5O. The van der Waals surface area contributed by atoms with Gasteiger partial charge in [0, 0.05) is 0 Å². The fourth-order valence-electron chi connectivity index (χ4n) is 1.50. The number of rotatable bonds is 0. The number of amides is 1. The normalized spacial score (nSPS) is 51.0. The van der Waals surface area contributed by atoms with E-state index in [0.29, 0.717) is 0 Å². The van der Waals surface area contributed by atoms with Gasteiger partial charge in [-0.25, -0.2) is 16.0 Å². The smallest absolute Gasteiger partial charge is 0.264 e. The van der Waals surface area contributed by atoms with E-state index in [-0.39, 0.29) is 0 Å². The Labute approximate surface area is 115 Å². The van der Waals surface area contributed by atoms with E-state index in [2.05, 4.69) is 21.3 Å². The summed E-state index contributed by atoms with van der Waals surface area (Å²) in [6, 6.07) is 0. The molecule has 6 nitrogen and oxygen atoms in total. The number of halogens is 5. The maximum atomic E-state index is 11.8. The van der Waals surface area contributed by atoms with Crippen molar-refractivity contribution in [1.82, 2.24) is 21.3 Å². The molecule has 2 aliphatic rings. The molecule has 6 N–H and O–H groups in total. The van der Waals surface area contributed by atoms with Crippen LogP contribution in [0.5, 0.6) is 0 Å². The van der Waals surface area contributed by atoms with E-state index < -0.39 is 25.9 Å². The minimum atomic E-state index is -1.84. The fraction of sp³-hybridized carbons (Fsp3) is 0.800. The lowest BCUT2D eigenvalue weighted by Crippen LogP contribution is -2.83. The summed E-state index contributed by atoms with van der Waals surface area (Å²) in [4.78, 5) is 9.92. The van der Waals surface area contributed by atoms with Gasteiger partial charge in [0.05, 0.1) is 0 Å². The Morgan fingerprint density at radius 3 is 2.12 bits per heavy atom. The molecule has 0 bridgehead atoms. The molecule has 3 unspecified atom stereocenters. The molecule has 2 rings (SSSR count). The van der Waals surface area contributed by atoms with Crippen LogP contribution in [0.15, 0.2) is 0 Å². The van der Waals surface area contributed by atoms with Gasteiger partial charge in [-0.05, 0) is 0 Å². The quantitative estimate of drug-likeness (QED) is 0.309. The Bertz CT molecular complexity index is 363. The van der Waals surface area contributed by atoms with Gasteiger partial charge in [-0.15, -0.1) is 0 Å². The molecule has 92 valence electrons. The van der Waals surface area contributed by atoms with Crippen LogP contribution in [-0.4, -0.2) is 25.9 Å². The summed E-state index contributed by atoms with van der Waals surface area (Å²) in [5, 5.41) is 6.00. The zero-order chi connectivity index (χ0) is 12.4. The van der Waals surface area contributed by atoms with Crippen LogP contribution in [0.25, 0.3) is 0 Å². The molecule has 1 amide bonds. The van der Waals surface area contributed by atoms with Gasteiger partial charge >= 0.3 is 0 Å². The summed E-state index contributed by atoms with van der Waals surface area (Å²) in [6.45, 7) is 0. The van der Waals surface area contributed by atoms with Crippen LogP contribution in [-0.2, 0) is 4.79 Å². The first kappa shape index (κ1) is 13.2. The van der Waals surface area contributed by atoms with E-state index in [4.69, 9.17) is 63.7 Å². The van der Waals surface area contributed by atoms with Crippen molar-refractivity contribution in [2.45, 2.75) is 19.9 Å².